The Kier molecular flexibility index (Phi) is 5.40. The summed E-state index contributed by atoms with van der Waals surface area (Å²) in [5.74, 6) is 0.730. The molecule has 3 aliphatic heterocycles. The number of carbonyl (C=O) groups excluding carboxylic acids is 2. The van der Waals surface area contributed by atoms with Gasteiger partial charge >= 0.3 is 6.09 Å². The summed E-state index contributed by atoms with van der Waals surface area (Å²) in [4.78, 5) is 32.4. The van der Waals surface area contributed by atoms with E-state index in [0.717, 1.165) is 31.7 Å². The molecule has 4 rings (SSSR count). The first-order chi connectivity index (χ1) is 13.2. The quantitative estimate of drug-likeness (QED) is 0.802. The fourth-order valence-corrected chi connectivity index (χ4v) is 3.47. The number of rotatable bonds is 5. The summed E-state index contributed by atoms with van der Waals surface area (Å²) in [6, 6.07) is 3.77. The Labute approximate surface area is 157 Å². The first-order valence-corrected chi connectivity index (χ1v) is 9.37. The molecule has 27 heavy (non-hydrogen) atoms. The minimum absolute atomic E-state index is 0.140. The highest BCUT2D eigenvalue weighted by molar-refractivity contribution is 5.89. The third-order valence-corrected chi connectivity index (χ3v) is 4.98. The molecule has 0 aromatic carbocycles. The van der Waals surface area contributed by atoms with Crippen LogP contribution < -0.4 is 15.1 Å². The third-order valence-electron chi connectivity index (χ3n) is 4.98. The van der Waals surface area contributed by atoms with Crippen LogP contribution in [-0.2, 0) is 19.0 Å². The van der Waals surface area contributed by atoms with E-state index >= 15 is 0 Å². The van der Waals surface area contributed by atoms with Gasteiger partial charge in [-0.2, -0.15) is 0 Å². The second-order valence-corrected chi connectivity index (χ2v) is 6.84. The van der Waals surface area contributed by atoms with Crippen molar-refractivity contribution in [2.24, 2.45) is 0 Å². The zero-order valence-corrected chi connectivity index (χ0v) is 15.1. The zero-order valence-electron chi connectivity index (χ0n) is 15.1. The molecule has 2 atom stereocenters. The Morgan fingerprint density at radius 2 is 2.11 bits per heavy atom. The van der Waals surface area contributed by atoms with Gasteiger partial charge in [0.25, 0.3) is 0 Å². The largest absolute Gasteiger partial charge is 0.442 e. The lowest BCUT2D eigenvalue weighted by Crippen LogP contribution is -2.40. The summed E-state index contributed by atoms with van der Waals surface area (Å²) in [6.07, 6.45) is 2.13. The molecule has 9 heteroatoms. The monoisotopic (exact) mass is 376 g/mol. The van der Waals surface area contributed by atoms with Crippen molar-refractivity contribution in [1.29, 1.82) is 0 Å². The average Bonchev–Trinajstić information content (AvgIpc) is 3.37. The molecule has 0 aliphatic carbocycles. The average molecular weight is 376 g/mol. The Morgan fingerprint density at radius 1 is 1.26 bits per heavy atom. The van der Waals surface area contributed by atoms with E-state index in [1.165, 1.54) is 0 Å². The molecule has 1 N–H and O–H groups in total. The van der Waals surface area contributed by atoms with Crippen molar-refractivity contribution in [1.82, 2.24) is 10.3 Å². The number of hydrogen-bond acceptors (Lipinski definition) is 7. The molecule has 0 spiro atoms. The van der Waals surface area contributed by atoms with E-state index in [4.69, 9.17) is 14.2 Å². The van der Waals surface area contributed by atoms with Crippen LogP contribution in [0.2, 0.25) is 0 Å². The number of pyridine rings is 1. The molecule has 4 heterocycles. The van der Waals surface area contributed by atoms with Crippen LogP contribution in [0, 0.1) is 0 Å². The number of morpholine rings is 1. The molecule has 3 saturated heterocycles. The Bertz CT molecular complexity index is 671. The van der Waals surface area contributed by atoms with Crippen molar-refractivity contribution in [3.63, 3.8) is 0 Å². The predicted octanol–water partition coefficient (Wildman–Crippen LogP) is 0.539. The highest BCUT2D eigenvalue weighted by atomic mass is 16.6. The van der Waals surface area contributed by atoms with Gasteiger partial charge in [0, 0.05) is 19.7 Å². The SMILES string of the molecule is O=C(NC[C@H]1CN(c2ccc(N3CCOCC3)nc2)C(=O)O1)C1CCCO1. The van der Waals surface area contributed by atoms with Gasteiger partial charge in [0.05, 0.1) is 38.2 Å². The number of cyclic esters (lactones) is 1. The molecule has 3 fully saturated rings. The minimum Gasteiger partial charge on any atom is -0.442 e. The molecule has 0 saturated carbocycles. The van der Waals surface area contributed by atoms with E-state index in [1.54, 1.807) is 11.1 Å². The van der Waals surface area contributed by atoms with Crippen LogP contribution >= 0.6 is 0 Å². The van der Waals surface area contributed by atoms with Crippen LogP contribution in [0.3, 0.4) is 0 Å². The molecule has 3 aliphatic rings. The van der Waals surface area contributed by atoms with Crippen LogP contribution in [0.1, 0.15) is 12.8 Å². The van der Waals surface area contributed by atoms with Crippen molar-refractivity contribution in [3.8, 4) is 0 Å². The smallest absolute Gasteiger partial charge is 0.414 e. The van der Waals surface area contributed by atoms with Gasteiger partial charge in [-0.1, -0.05) is 0 Å². The fourth-order valence-electron chi connectivity index (χ4n) is 3.47. The van der Waals surface area contributed by atoms with Gasteiger partial charge in [-0.15, -0.1) is 0 Å². The van der Waals surface area contributed by atoms with Gasteiger partial charge in [-0.3, -0.25) is 9.69 Å². The maximum Gasteiger partial charge on any atom is 0.414 e. The zero-order chi connectivity index (χ0) is 18.6. The summed E-state index contributed by atoms with van der Waals surface area (Å²) in [5.41, 5.74) is 0.685. The fraction of sp³-hybridized carbons (Fsp3) is 0.611. The molecular weight excluding hydrogens is 352 g/mol. The number of anilines is 2. The molecular formula is C18H24N4O5. The van der Waals surface area contributed by atoms with E-state index in [1.807, 2.05) is 12.1 Å². The lowest BCUT2D eigenvalue weighted by molar-refractivity contribution is -0.130. The maximum absolute atomic E-state index is 12.2. The van der Waals surface area contributed by atoms with Crippen molar-refractivity contribution >= 4 is 23.5 Å². The molecule has 146 valence electrons. The van der Waals surface area contributed by atoms with Crippen molar-refractivity contribution in [2.75, 3.05) is 55.8 Å². The van der Waals surface area contributed by atoms with Gasteiger partial charge in [0.15, 0.2) is 0 Å². The summed E-state index contributed by atoms with van der Waals surface area (Å²) >= 11 is 0. The van der Waals surface area contributed by atoms with Gasteiger partial charge in [0.1, 0.15) is 18.0 Å². The predicted molar refractivity (Wildman–Crippen MR) is 96.9 cm³/mol. The van der Waals surface area contributed by atoms with Gasteiger partial charge < -0.3 is 24.4 Å². The lowest BCUT2D eigenvalue weighted by atomic mass is 10.2. The third kappa shape index (κ3) is 4.14. The molecule has 9 nitrogen and oxygen atoms in total. The minimum atomic E-state index is -0.424. The normalized spacial score (nSPS) is 25.6. The van der Waals surface area contributed by atoms with Gasteiger partial charge in [0.2, 0.25) is 5.91 Å². The van der Waals surface area contributed by atoms with Crippen LogP contribution in [0.25, 0.3) is 0 Å². The topological polar surface area (TPSA) is 93.2 Å². The van der Waals surface area contributed by atoms with Crippen molar-refractivity contribution in [3.05, 3.63) is 18.3 Å². The molecule has 1 aromatic heterocycles. The number of aromatic nitrogens is 1. The van der Waals surface area contributed by atoms with Crippen LogP contribution in [0.15, 0.2) is 18.3 Å². The van der Waals surface area contributed by atoms with Crippen LogP contribution in [-0.4, -0.2) is 75.2 Å². The summed E-state index contributed by atoms with van der Waals surface area (Å²) < 4.78 is 16.1. The lowest BCUT2D eigenvalue weighted by Gasteiger charge is -2.28. The first-order valence-electron chi connectivity index (χ1n) is 9.37. The summed E-state index contributed by atoms with van der Waals surface area (Å²) in [6.45, 7) is 4.29. The number of ether oxygens (including phenoxy) is 3. The number of nitrogens with one attached hydrogen (secondary N) is 1. The van der Waals surface area contributed by atoms with E-state index in [9.17, 15) is 9.59 Å². The molecule has 2 amide bonds. The summed E-state index contributed by atoms with van der Waals surface area (Å²) in [7, 11) is 0. The number of amides is 2. The van der Waals surface area contributed by atoms with E-state index in [0.29, 0.717) is 32.1 Å². The second kappa shape index (κ2) is 8.10. The Hall–Kier alpha value is -2.39. The first kappa shape index (κ1) is 18.0. The molecule has 0 bridgehead atoms. The van der Waals surface area contributed by atoms with Crippen molar-refractivity contribution < 1.29 is 23.8 Å². The number of nitrogens with zero attached hydrogens (tertiary/aromatic N) is 3. The molecule has 1 aromatic rings. The molecule has 0 radical (unpaired) electrons. The second-order valence-electron chi connectivity index (χ2n) is 6.84. The Balaban J connectivity index is 1.31. The Morgan fingerprint density at radius 3 is 2.81 bits per heavy atom. The van der Waals surface area contributed by atoms with Crippen molar-refractivity contribution in [2.45, 2.75) is 25.0 Å². The molecule has 1 unspecified atom stereocenters. The highest BCUT2D eigenvalue weighted by Gasteiger charge is 2.33. The van der Waals surface area contributed by atoms with E-state index in [2.05, 4.69) is 15.2 Å². The van der Waals surface area contributed by atoms with Crippen LogP contribution in [0.4, 0.5) is 16.3 Å². The number of hydrogen-bond donors (Lipinski definition) is 1. The van der Waals surface area contributed by atoms with E-state index < -0.39 is 6.09 Å². The maximum atomic E-state index is 12.2. The standard InChI is InChI=1S/C18H24N4O5/c23-17(15-2-1-7-26-15)20-11-14-12-22(18(24)27-14)13-3-4-16(19-10-13)21-5-8-25-9-6-21/h3-4,10,14-15H,1-2,5-9,11-12H2,(H,20,23)/t14-,15?/m0/s1. The van der Waals surface area contributed by atoms with E-state index in [-0.39, 0.29) is 24.7 Å². The summed E-state index contributed by atoms with van der Waals surface area (Å²) in [5, 5.41) is 2.81. The van der Waals surface area contributed by atoms with Gasteiger partial charge in [-0.05, 0) is 25.0 Å². The highest BCUT2D eigenvalue weighted by Crippen LogP contribution is 2.23. The van der Waals surface area contributed by atoms with Crippen LogP contribution in [0.5, 0.6) is 0 Å². The number of carbonyl (C=O) groups is 2. The van der Waals surface area contributed by atoms with Gasteiger partial charge in [-0.25, -0.2) is 9.78 Å².